The number of ether oxygens (including phenoxy) is 4. The lowest BCUT2D eigenvalue weighted by Gasteiger charge is -2.15. The summed E-state index contributed by atoms with van der Waals surface area (Å²) in [5.74, 6) is 0.886. The summed E-state index contributed by atoms with van der Waals surface area (Å²) in [6.45, 7) is 3.64. The highest BCUT2D eigenvalue weighted by molar-refractivity contribution is 6.00. The smallest absolute Gasteiger partial charge is 0.306 e. The van der Waals surface area contributed by atoms with E-state index >= 15 is 0 Å². The molecule has 6 heteroatoms. The topological polar surface area (TPSA) is 71.1 Å². The first-order valence-electron chi connectivity index (χ1n) is 9.55. The highest BCUT2D eigenvalue weighted by Gasteiger charge is 2.20. The number of methoxy groups -OCH3 is 3. The van der Waals surface area contributed by atoms with Gasteiger partial charge in [-0.25, -0.2) is 0 Å². The number of hydrogen-bond donors (Lipinski definition) is 0. The fourth-order valence-electron chi connectivity index (χ4n) is 2.98. The molecule has 2 aromatic carbocycles. The predicted octanol–water partition coefficient (Wildman–Crippen LogP) is 4.02. The fourth-order valence-corrected chi connectivity index (χ4v) is 2.98. The number of aryl methyl sites for hydroxylation is 2. The maximum Gasteiger partial charge on any atom is 0.306 e. The van der Waals surface area contributed by atoms with Crippen LogP contribution in [-0.2, 0) is 22.4 Å². The molecule has 0 bridgehead atoms. The van der Waals surface area contributed by atoms with Crippen LogP contribution in [0.2, 0.25) is 0 Å². The number of esters is 1. The molecule has 1 unspecified atom stereocenters. The number of rotatable bonds is 10. The Bertz CT molecular complexity index is 816. The highest BCUT2D eigenvalue weighted by atomic mass is 16.5. The van der Waals surface area contributed by atoms with Crippen LogP contribution >= 0.6 is 0 Å². The van der Waals surface area contributed by atoms with Gasteiger partial charge in [-0.1, -0.05) is 31.2 Å². The van der Waals surface area contributed by atoms with Crippen LogP contribution in [0.5, 0.6) is 17.2 Å². The first kappa shape index (κ1) is 22.3. The van der Waals surface area contributed by atoms with Gasteiger partial charge in [0.05, 0.1) is 21.3 Å². The molecule has 0 aliphatic heterocycles. The Hall–Kier alpha value is -3.02. The molecule has 2 rings (SSSR count). The first-order chi connectivity index (χ1) is 13.9. The van der Waals surface area contributed by atoms with Crippen LogP contribution in [0.4, 0.5) is 0 Å². The van der Waals surface area contributed by atoms with E-state index < -0.39 is 12.1 Å². The Labute approximate surface area is 171 Å². The number of carbonyl (C=O) groups excluding carboxylic acids is 2. The van der Waals surface area contributed by atoms with Crippen molar-refractivity contribution in [3.05, 3.63) is 53.1 Å². The molecule has 29 heavy (non-hydrogen) atoms. The summed E-state index contributed by atoms with van der Waals surface area (Å²) < 4.78 is 21.3. The van der Waals surface area contributed by atoms with E-state index in [1.165, 1.54) is 21.3 Å². The van der Waals surface area contributed by atoms with Gasteiger partial charge in [-0.3, -0.25) is 9.59 Å². The summed E-state index contributed by atoms with van der Waals surface area (Å²) in [5.41, 5.74) is 2.52. The van der Waals surface area contributed by atoms with Crippen LogP contribution in [0, 0.1) is 0 Å². The average molecular weight is 400 g/mol. The summed E-state index contributed by atoms with van der Waals surface area (Å²) >= 11 is 0. The number of ketones is 1. The van der Waals surface area contributed by atoms with Crippen molar-refractivity contribution in [3.8, 4) is 17.2 Å². The van der Waals surface area contributed by atoms with E-state index in [2.05, 4.69) is 6.92 Å². The van der Waals surface area contributed by atoms with E-state index in [0.717, 1.165) is 17.5 Å². The minimum Gasteiger partial charge on any atom is -0.493 e. The van der Waals surface area contributed by atoms with Crippen molar-refractivity contribution in [2.75, 3.05) is 21.3 Å². The first-order valence-corrected chi connectivity index (χ1v) is 9.55. The molecule has 0 fully saturated rings. The van der Waals surface area contributed by atoms with E-state index in [-0.39, 0.29) is 12.2 Å². The number of Topliss-reactive ketones (excluding diaryl/α,β-unsaturated/α-hetero) is 1. The molecule has 0 aliphatic carbocycles. The monoisotopic (exact) mass is 400 g/mol. The van der Waals surface area contributed by atoms with Crippen LogP contribution in [0.15, 0.2) is 36.4 Å². The molecule has 2 aromatic rings. The summed E-state index contributed by atoms with van der Waals surface area (Å²) in [7, 11) is 4.61. The Morgan fingerprint density at radius 3 is 1.97 bits per heavy atom. The molecular weight excluding hydrogens is 372 g/mol. The number of hydrogen-bond acceptors (Lipinski definition) is 6. The van der Waals surface area contributed by atoms with Gasteiger partial charge in [0.2, 0.25) is 11.5 Å². The van der Waals surface area contributed by atoms with E-state index in [1.54, 1.807) is 31.2 Å². The molecule has 6 nitrogen and oxygen atoms in total. The van der Waals surface area contributed by atoms with Crippen molar-refractivity contribution >= 4 is 11.8 Å². The molecule has 0 aliphatic rings. The Morgan fingerprint density at radius 1 is 0.897 bits per heavy atom. The third-order valence-electron chi connectivity index (χ3n) is 4.67. The van der Waals surface area contributed by atoms with Crippen LogP contribution in [0.25, 0.3) is 0 Å². The van der Waals surface area contributed by atoms with Gasteiger partial charge in [-0.05, 0) is 43.0 Å². The quantitative estimate of drug-likeness (QED) is 0.443. The summed E-state index contributed by atoms with van der Waals surface area (Å²) in [6.07, 6.45) is 0.613. The molecule has 0 N–H and O–H groups in total. The Kier molecular flexibility index (Phi) is 8.07. The fraction of sp³-hybridized carbons (Fsp3) is 0.391. The van der Waals surface area contributed by atoms with Crippen molar-refractivity contribution in [1.29, 1.82) is 0 Å². The standard InChI is InChI=1S/C23H28O6/c1-6-16-7-10-18(11-8-16)22(25)15(2)29-21(24)12-9-17-13-19(26-3)23(28-5)20(14-17)27-4/h7-8,10-11,13-15H,6,9,12H2,1-5H3. The second kappa shape index (κ2) is 10.5. The molecule has 0 spiro atoms. The summed E-state index contributed by atoms with van der Waals surface area (Å²) in [5, 5.41) is 0. The normalized spacial score (nSPS) is 11.5. The Morgan fingerprint density at radius 2 is 1.48 bits per heavy atom. The van der Waals surface area contributed by atoms with Crippen molar-refractivity contribution in [1.82, 2.24) is 0 Å². The molecule has 0 heterocycles. The maximum absolute atomic E-state index is 12.5. The van der Waals surface area contributed by atoms with Crippen molar-refractivity contribution in [2.24, 2.45) is 0 Å². The van der Waals surface area contributed by atoms with Crippen LogP contribution in [-0.4, -0.2) is 39.2 Å². The van der Waals surface area contributed by atoms with Crippen molar-refractivity contribution in [2.45, 2.75) is 39.2 Å². The van der Waals surface area contributed by atoms with Crippen LogP contribution < -0.4 is 14.2 Å². The van der Waals surface area contributed by atoms with Gasteiger partial charge in [-0.15, -0.1) is 0 Å². The Balaban J connectivity index is 1.97. The molecule has 0 radical (unpaired) electrons. The number of benzene rings is 2. The third-order valence-corrected chi connectivity index (χ3v) is 4.67. The van der Waals surface area contributed by atoms with Crippen molar-refractivity contribution < 1.29 is 28.5 Å². The summed E-state index contributed by atoms with van der Waals surface area (Å²) in [4.78, 5) is 24.7. The van der Waals surface area contributed by atoms with E-state index in [9.17, 15) is 9.59 Å². The van der Waals surface area contributed by atoms with Gasteiger partial charge in [-0.2, -0.15) is 0 Å². The second-order valence-corrected chi connectivity index (χ2v) is 6.58. The van der Waals surface area contributed by atoms with Gasteiger partial charge in [0.1, 0.15) is 0 Å². The lowest BCUT2D eigenvalue weighted by atomic mass is 10.0. The van der Waals surface area contributed by atoms with Gasteiger partial charge in [0.15, 0.2) is 17.6 Å². The predicted molar refractivity (Wildman–Crippen MR) is 110 cm³/mol. The minimum atomic E-state index is -0.838. The third kappa shape index (κ3) is 5.73. The van der Waals surface area contributed by atoms with E-state index in [1.807, 2.05) is 12.1 Å². The number of carbonyl (C=O) groups is 2. The molecular formula is C23H28O6. The maximum atomic E-state index is 12.5. The van der Waals surface area contributed by atoms with Crippen LogP contribution in [0.1, 0.15) is 41.8 Å². The second-order valence-electron chi connectivity index (χ2n) is 6.58. The zero-order chi connectivity index (χ0) is 21.4. The molecule has 156 valence electrons. The van der Waals surface area contributed by atoms with Gasteiger partial charge >= 0.3 is 5.97 Å². The lowest BCUT2D eigenvalue weighted by Crippen LogP contribution is -2.24. The zero-order valence-corrected chi connectivity index (χ0v) is 17.6. The minimum absolute atomic E-state index is 0.130. The largest absolute Gasteiger partial charge is 0.493 e. The van der Waals surface area contributed by atoms with Crippen molar-refractivity contribution in [3.63, 3.8) is 0 Å². The van der Waals surface area contributed by atoms with Gasteiger partial charge < -0.3 is 18.9 Å². The molecule has 0 saturated heterocycles. The molecule has 0 amide bonds. The van der Waals surface area contributed by atoms with Gasteiger partial charge in [0, 0.05) is 12.0 Å². The zero-order valence-electron chi connectivity index (χ0n) is 17.6. The molecule has 1 atom stereocenters. The van der Waals surface area contributed by atoms with E-state index in [0.29, 0.717) is 29.2 Å². The van der Waals surface area contributed by atoms with Gasteiger partial charge in [0.25, 0.3) is 0 Å². The van der Waals surface area contributed by atoms with Crippen LogP contribution in [0.3, 0.4) is 0 Å². The average Bonchev–Trinajstić information content (AvgIpc) is 2.76. The summed E-state index contributed by atoms with van der Waals surface area (Å²) in [6, 6.07) is 10.9. The molecule has 0 saturated carbocycles. The molecule has 0 aromatic heterocycles. The SMILES string of the molecule is CCc1ccc(C(=O)C(C)OC(=O)CCc2cc(OC)c(OC)c(OC)c2)cc1. The van der Waals surface area contributed by atoms with E-state index in [4.69, 9.17) is 18.9 Å². The highest BCUT2D eigenvalue weighted by Crippen LogP contribution is 2.38. The lowest BCUT2D eigenvalue weighted by molar-refractivity contribution is -0.146.